The predicted octanol–water partition coefficient (Wildman–Crippen LogP) is 3.02. The summed E-state index contributed by atoms with van der Waals surface area (Å²) in [4.78, 5) is 13.8. The van der Waals surface area contributed by atoms with Crippen LogP contribution in [-0.4, -0.2) is 50.1 Å². The van der Waals surface area contributed by atoms with E-state index in [2.05, 4.69) is 20.6 Å². The Balaban J connectivity index is 1.29. The van der Waals surface area contributed by atoms with Crippen LogP contribution in [0.25, 0.3) is 5.82 Å². The van der Waals surface area contributed by atoms with Gasteiger partial charge in [-0.05, 0) is 24.3 Å². The average Bonchev–Trinajstić information content (AvgIpc) is 3.27. The Morgan fingerprint density at radius 1 is 1.07 bits per heavy atom. The Kier molecular flexibility index (Phi) is 5.32. The minimum atomic E-state index is -0.811. The molecule has 1 fully saturated rings. The topological polar surface area (TPSA) is 85.2 Å². The third-order valence-corrected chi connectivity index (χ3v) is 4.58. The van der Waals surface area contributed by atoms with Crippen LogP contribution < -0.4 is 10.1 Å². The third kappa shape index (κ3) is 4.31. The molecule has 0 radical (unpaired) electrons. The molecule has 150 valence electrons. The Morgan fingerprint density at radius 2 is 1.83 bits per heavy atom. The summed E-state index contributed by atoms with van der Waals surface area (Å²) < 4.78 is 34.8. The number of para-hydroxylation sites is 1. The molecule has 0 spiro atoms. The summed E-state index contributed by atoms with van der Waals surface area (Å²) >= 11 is 0. The van der Waals surface area contributed by atoms with Gasteiger partial charge in [0.1, 0.15) is 23.4 Å². The number of likely N-dealkylation sites (tertiary alicyclic amines) is 1. The van der Waals surface area contributed by atoms with Gasteiger partial charge in [0.25, 0.3) is 0 Å². The number of hydrogen-bond donors (Lipinski definition) is 1. The van der Waals surface area contributed by atoms with Crippen LogP contribution in [0.4, 0.5) is 19.3 Å². The Morgan fingerprint density at radius 3 is 2.45 bits per heavy atom. The zero-order chi connectivity index (χ0) is 20.2. The van der Waals surface area contributed by atoms with E-state index in [1.165, 1.54) is 11.0 Å². The van der Waals surface area contributed by atoms with Gasteiger partial charge in [0, 0.05) is 44.4 Å². The molecular formula is C19H18F2N6O2. The van der Waals surface area contributed by atoms with E-state index in [0.717, 1.165) is 12.1 Å². The number of ether oxygens (including phenoxy) is 1. The average molecular weight is 400 g/mol. The van der Waals surface area contributed by atoms with E-state index in [-0.39, 0.29) is 6.10 Å². The van der Waals surface area contributed by atoms with Crippen molar-refractivity contribution < 1.29 is 18.3 Å². The third-order valence-electron chi connectivity index (χ3n) is 4.58. The molecule has 0 aliphatic carbocycles. The molecule has 1 N–H and O–H groups in total. The molecule has 1 aromatic carbocycles. The molecule has 0 unspecified atom stereocenters. The minimum Gasteiger partial charge on any atom is -0.473 e. The van der Waals surface area contributed by atoms with Crippen LogP contribution in [0.3, 0.4) is 0 Å². The number of carbonyl (C=O) groups is 1. The number of urea groups is 1. The second kappa shape index (κ2) is 8.21. The number of carbonyl (C=O) groups excluding carboxylic acids is 1. The van der Waals surface area contributed by atoms with Crippen LogP contribution in [0.1, 0.15) is 12.8 Å². The summed E-state index contributed by atoms with van der Waals surface area (Å²) in [5.74, 6) is -0.658. The highest BCUT2D eigenvalue weighted by Gasteiger charge is 2.25. The minimum absolute atomic E-state index is 0.130. The second-order valence-electron chi connectivity index (χ2n) is 6.51. The smallest absolute Gasteiger partial charge is 0.322 e. The number of piperidine rings is 1. The highest BCUT2D eigenvalue weighted by Crippen LogP contribution is 2.21. The van der Waals surface area contributed by atoms with Gasteiger partial charge in [-0.1, -0.05) is 6.07 Å². The lowest BCUT2D eigenvalue weighted by atomic mass is 10.1. The monoisotopic (exact) mass is 400 g/mol. The number of rotatable bonds is 4. The molecular weight excluding hydrogens is 382 g/mol. The molecule has 3 aromatic rings. The fourth-order valence-corrected chi connectivity index (χ4v) is 3.05. The van der Waals surface area contributed by atoms with Gasteiger partial charge in [-0.25, -0.2) is 18.3 Å². The highest BCUT2D eigenvalue weighted by molar-refractivity contribution is 5.89. The lowest BCUT2D eigenvalue weighted by Gasteiger charge is -2.31. The Bertz CT molecular complexity index is 953. The lowest BCUT2D eigenvalue weighted by molar-refractivity contribution is 0.110. The van der Waals surface area contributed by atoms with Crippen molar-refractivity contribution in [2.24, 2.45) is 0 Å². The highest BCUT2D eigenvalue weighted by atomic mass is 19.1. The van der Waals surface area contributed by atoms with E-state index in [1.807, 2.05) is 0 Å². The van der Waals surface area contributed by atoms with Gasteiger partial charge < -0.3 is 15.0 Å². The van der Waals surface area contributed by atoms with Gasteiger partial charge in [-0.2, -0.15) is 5.10 Å². The van der Waals surface area contributed by atoms with Gasteiger partial charge in [-0.3, -0.25) is 0 Å². The molecule has 2 amide bonds. The maximum atomic E-state index is 13.7. The first-order valence-corrected chi connectivity index (χ1v) is 9.10. The van der Waals surface area contributed by atoms with E-state index in [4.69, 9.17) is 4.74 Å². The molecule has 2 aromatic heterocycles. The number of amides is 2. The van der Waals surface area contributed by atoms with Crippen molar-refractivity contribution >= 4 is 11.7 Å². The summed E-state index contributed by atoms with van der Waals surface area (Å²) in [6, 6.07) is 8.14. The second-order valence-corrected chi connectivity index (χ2v) is 6.51. The van der Waals surface area contributed by atoms with Gasteiger partial charge in [0.2, 0.25) is 5.88 Å². The Labute approximate surface area is 165 Å². The fourth-order valence-electron chi connectivity index (χ4n) is 3.05. The standard InChI is InChI=1S/C19H18F2N6O2/c20-14-3-1-4-15(21)18(14)23-19(28)26-11-7-13(8-12-26)29-17-6-5-16(24-25-17)27-10-2-9-22-27/h1-6,9-10,13H,7-8,11-12H2,(H,23,28). The maximum absolute atomic E-state index is 13.7. The number of anilines is 1. The number of halogens is 2. The number of nitrogens with one attached hydrogen (secondary N) is 1. The summed E-state index contributed by atoms with van der Waals surface area (Å²) in [7, 11) is 0. The zero-order valence-corrected chi connectivity index (χ0v) is 15.3. The Hall–Kier alpha value is -3.56. The summed E-state index contributed by atoms with van der Waals surface area (Å²) in [6.07, 6.45) is 4.41. The van der Waals surface area contributed by atoms with Crippen LogP contribution >= 0.6 is 0 Å². The molecule has 0 saturated carbocycles. The van der Waals surface area contributed by atoms with Crippen molar-refractivity contribution in [2.75, 3.05) is 18.4 Å². The van der Waals surface area contributed by atoms with Crippen molar-refractivity contribution in [3.63, 3.8) is 0 Å². The quantitative estimate of drug-likeness (QED) is 0.728. The van der Waals surface area contributed by atoms with Crippen LogP contribution in [0.5, 0.6) is 5.88 Å². The van der Waals surface area contributed by atoms with E-state index >= 15 is 0 Å². The summed E-state index contributed by atoms with van der Waals surface area (Å²) in [5.41, 5.74) is -0.441. The van der Waals surface area contributed by atoms with Crippen LogP contribution in [0, 0.1) is 11.6 Å². The molecule has 0 atom stereocenters. The van der Waals surface area contributed by atoms with E-state index < -0.39 is 23.4 Å². The number of benzene rings is 1. The van der Waals surface area contributed by atoms with Gasteiger partial charge in [0.15, 0.2) is 5.82 Å². The molecule has 3 heterocycles. The largest absolute Gasteiger partial charge is 0.473 e. The van der Waals surface area contributed by atoms with E-state index in [0.29, 0.717) is 37.6 Å². The first-order valence-electron chi connectivity index (χ1n) is 9.10. The number of nitrogens with zero attached hydrogens (tertiary/aromatic N) is 5. The maximum Gasteiger partial charge on any atom is 0.322 e. The molecule has 1 aliphatic rings. The number of aromatic nitrogens is 4. The first-order chi connectivity index (χ1) is 14.1. The van der Waals surface area contributed by atoms with Crippen molar-refractivity contribution in [3.05, 3.63) is 60.4 Å². The molecule has 8 nitrogen and oxygen atoms in total. The summed E-state index contributed by atoms with van der Waals surface area (Å²) in [6.45, 7) is 0.788. The number of hydrogen-bond acceptors (Lipinski definition) is 5. The van der Waals surface area contributed by atoms with Crippen molar-refractivity contribution in [1.29, 1.82) is 0 Å². The molecule has 4 rings (SSSR count). The van der Waals surface area contributed by atoms with E-state index in [9.17, 15) is 13.6 Å². The lowest BCUT2D eigenvalue weighted by Crippen LogP contribution is -2.44. The predicted molar refractivity (Wildman–Crippen MR) is 99.8 cm³/mol. The molecule has 29 heavy (non-hydrogen) atoms. The van der Waals surface area contributed by atoms with Crippen molar-refractivity contribution in [1.82, 2.24) is 24.9 Å². The first kappa shape index (κ1) is 18.8. The van der Waals surface area contributed by atoms with Crippen LogP contribution in [0.2, 0.25) is 0 Å². The molecule has 1 saturated heterocycles. The van der Waals surface area contributed by atoms with Crippen LogP contribution in [0.15, 0.2) is 48.8 Å². The van der Waals surface area contributed by atoms with Gasteiger partial charge >= 0.3 is 6.03 Å². The fraction of sp³-hybridized carbons (Fsp3) is 0.263. The SMILES string of the molecule is O=C(Nc1c(F)cccc1F)N1CCC(Oc2ccc(-n3cccn3)nn2)CC1. The van der Waals surface area contributed by atoms with Crippen LogP contribution in [-0.2, 0) is 0 Å². The van der Waals surface area contributed by atoms with Crippen molar-refractivity contribution in [2.45, 2.75) is 18.9 Å². The van der Waals surface area contributed by atoms with Crippen molar-refractivity contribution in [3.8, 4) is 11.7 Å². The molecule has 1 aliphatic heterocycles. The molecule has 10 heteroatoms. The van der Waals surface area contributed by atoms with Gasteiger partial charge in [0.05, 0.1) is 0 Å². The van der Waals surface area contributed by atoms with Gasteiger partial charge in [-0.15, -0.1) is 10.2 Å². The van der Waals surface area contributed by atoms with E-state index in [1.54, 1.807) is 35.3 Å². The zero-order valence-electron chi connectivity index (χ0n) is 15.3. The normalized spacial score (nSPS) is 14.6. The molecule has 0 bridgehead atoms. The summed E-state index contributed by atoms with van der Waals surface area (Å²) in [5, 5.41) is 14.5.